The first kappa shape index (κ1) is 15.7. The summed E-state index contributed by atoms with van der Waals surface area (Å²) in [5.74, 6) is -0.189. The maximum Gasteiger partial charge on any atom is 0.326 e. The van der Waals surface area contributed by atoms with Gasteiger partial charge in [0, 0.05) is 18.8 Å². The van der Waals surface area contributed by atoms with Gasteiger partial charge in [-0.3, -0.25) is 10.1 Å². The van der Waals surface area contributed by atoms with E-state index in [9.17, 15) is 9.18 Å². The molecule has 16 heavy (non-hydrogen) atoms. The van der Waals surface area contributed by atoms with Gasteiger partial charge in [0.1, 0.15) is 11.7 Å². The number of carbonyl (C=O) groups is 1. The van der Waals surface area contributed by atoms with E-state index in [4.69, 9.17) is 11.6 Å². The van der Waals surface area contributed by atoms with Crippen LogP contribution in [0.15, 0.2) is 12.2 Å². The maximum absolute atomic E-state index is 13.1. The number of rotatable bonds is 4. The summed E-state index contributed by atoms with van der Waals surface area (Å²) in [5.41, 5.74) is -0.274. The van der Waals surface area contributed by atoms with Gasteiger partial charge < -0.3 is 4.74 Å². The molecular weight excluding hydrogens is 256 g/mol. The van der Waals surface area contributed by atoms with Crippen molar-refractivity contribution in [3.05, 3.63) is 12.2 Å². The van der Waals surface area contributed by atoms with Crippen LogP contribution in [0.25, 0.3) is 0 Å². The van der Waals surface area contributed by atoms with E-state index in [1.165, 1.54) is 7.11 Å². The largest absolute Gasteiger partial charge is 0.468 e. The Balaban J connectivity index is 0.00000225. The van der Waals surface area contributed by atoms with Crippen LogP contribution in [0.1, 0.15) is 12.8 Å². The van der Waals surface area contributed by atoms with E-state index in [1.54, 1.807) is 0 Å². The first-order chi connectivity index (χ1) is 7.04. The maximum atomic E-state index is 13.1. The number of hydrogen-bond donors (Lipinski definition) is 1. The summed E-state index contributed by atoms with van der Waals surface area (Å²) in [7, 11) is 1.29. The molecule has 0 aromatic rings. The van der Waals surface area contributed by atoms with Crippen molar-refractivity contribution in [2.24, 2.45) is 0 Å². The molecule has 0 unspecified atom stereocenters. The second kappa shape index (κ2) is 6.42. The summed E-state index contributed by atoms with van der Waals surface area (Å²) in [5, 5.41) is 2.87. The Labute approximate surface area is 106 Å². The fraction of sp³-hybridized carbons (Fsp3) is 0.700. The van der Waals surface area contributed by atoms with Gasteiger partial charge in [-0.05, 0) is 6.42 Å². The Morgan fingerprint density at radius 2 is 2.38 bits per heavy atom. The predicted octanol–water partition coefficient (Wildman–Crippen LogP) is 1.84. The average Bonchev–Trinajstić information content (AvgIpc) is 2.59. The number of methoxy groups -OCH3 is 1. The van der Waals surface area contributed by atoms with Crippen LogP contribution in [-0.4, -0.2) is 37.2 Å². The van der Waals surface area contributed by atoms with Crippen LogP contribution in [0.3, 0.4) is 0 Å². The summed E-state index contributed by atoms with van der Waals surface area (Å²) < 4.78 is 17.8. The molecule has 1 N–H and O–H groups in total. The van der Waals surface area contributed by atoms with Crippen LogP contribution in [0.2, 0.25) is 0 Å². The molecule has 0 bridgehead atoms. The van der Waals surface area contributed by atoms with Crippen molar-refractivity contribution < 1.29 is 13.9 Å². The van der Waals surface area contributed by atoms with Gasteiger partial charge in [-0.2, -0.15) is 0 Å². The van der Waals surface area contributed by atoms with Gasteiger partial charge in [0.2, 0.25) is 0 Å². The lowest BCUT2D eigenvalue weighted by Crippen LogP contribution is -2.48. The highest BCUT2D eigenvalue weighted by Gasteiger charge is 2.46. The molecule has 0 saturated carbocycles. The molecule has 0 amide bonds. The normalized spacial score (nSPS) is 28.3. The Hall–Kier alpha value is -0.320. The summed E-state index contributed by atoms with van der Waals surface area (Å²) in [6.45, 7) is 3.89. The monoisotopic (exact) mass is 271 g/mol. The highest BCUT2D eigenvalue weighted by Crippen LogP contribution is 2.29. The number of esters is 1. The van der Waals surface area contributed by atoms with Gasteiger partial charge >= 0.3 is 5.97 Å². The fourth-order valence-corrected chi connectivity index (χ4v) is 1.95. The van der Waals surface area contributed by atoms with E-state index in [0.29, 0.717) is 12.0 Å². The van der Waals surface area contributed by atoms with Crippen molar-refractivity contribution in [2.75, 3.05) is 19.5 Å². The molecule has 1 aliphatic rings. The molecule has 94 valence electrons. The number of ether oxygens (including phenoxy) is 1. The van der Waals surface area contributed by atoms with Crippen molar-refractivity contribution >= 4 is 30.0 Å². The minimum absolute atomic E-state index is 0. The van der Waals surface area contributed by atoms with Crippen molar-refractivity contribution in [1.29, 1.82) is 0 Å². The van der Waals surface area contributed by atoms with Crippen LogP contribution in [0.4, 0.5) is 4.39 Å². The highest BCUT2D eigenvalue weighted by atomic mass is 35.5. The van der Waals surface area contributed by atoms with Gasteiger partial charge in [0.05, 0.1) is 7.11 Å². The van der Waals surface area contributed by atoms with E-state index in [2.05, 4.69) is 16.6 Å². The number of halogens is 3. The van der Waals surface area contributed by atoms with Crippen LogP contribution in [0, 0.1) is 0 Å². The number of hydrogen-bond acceptors (Lipinski definition) is 3. The summed E-state index contributed by atoms with van der Waals surface area (Å²) >= 11 is 5.60. The fourth-order valence-electron chi connectivity index (χ4n) is 1.86. The molecule has 0 radical (unpaired) electrons. The lowest BCUT2D eigenvalue weighted by molar-refractivity contribution is -0.148. The molecular formula is C10H16Cl2FNO2. The lowest BCUT2D eigenvalue weighted by Gasteiger charge is -2.26. The van der Waals surface area contributed by atoms with E-state index < -0.39 is 17.7 Å². The SMILES string of the molecule is C=C(CCl)C[C@@]1(C(=O)OC)C[C@@H](F)CN1.Cl. The second-order valence-electron chi connectivity index (χ2n) is 3.82. The van der Waals surface area contributed by atoms with E-state index in [0.717, 1.165) is 0 Å². The predicted molar refractivity (Wildman–Crippen MR) is 64.0 cm³/mol. The third-order valence-electron chi connectivity index (χ3n) is 2.55. The Bertz CT molecular complexity index is 276. The van der Waals surface area contributed by atoms with Crippen molar-refractivity contribution in [1.82, 2.24) is 5.32 Å². The Morgan fingerprint density at radius 3 is 2.75 bits per heavy atom. The van der Waals surface area contributed by atoms with Gasteiger partial charge in [-0.1, -0.05) is 12.2 Å². The average molecular weight is 272 g/mol. The number of alkyl halides is 2. The molecule has 0 aromatic carbocycles. The minimum atomic E-state index is -1.02. The lowest BCUT2D eigenvalue weighted by atomic mass is 9.90. The van der Waals surface area contributed by atoms with Crippen molar-refractivity contribution in [3.63, 3.8) is 0 Å². The standard InChI is InChI=1S/C10H15ClFNO2.ClH/c1-7(5-11)3-10(9(14)15-2)4-8(12)6-13-10;/h8,13H,1,3-6H2,2H3;1H/t8-,10+;/m1./s1. The molecule has 1 fully saturated rings. The van der Waals surface area contributed by atoms with E-state index in [1.807, 2.05) is 0 Å². The quantitative estimate of drug-likeness (QED) is 0.482. The molecule has 0 aliphatic carbocycles. The van der Waals surface area contributed by atoms with Crippen LogP contribution < -0.4 is 5.32 Å². The summed E-state index contributed by atoms with van der Waals surface area (Å²) in [4.78, 5) is 11.6. The molecule has 6 heteroatoms. The minimum Gasteiger partial charge on any atom is -0.468 e. The molecule has 1 aliphatic heterocycles. The third-order valence-corrected chi connectivity index (χ3v) is 2.93. The second-order valence-corrected chi connectivity index (χ2v) is 4.08. The number of carbonyl (C=O) groups excluding carboxylic acids is 1. The van der Waals surface area contributed by atoms with E-state index >= 15 is 0 Å². The van der Waals surface area contributed by atoms with Gasteiger partial charge in [0.15, 0.2) is 0 Å². The van der Waals surface area contributed by atoms with Gasteiger partial charge in [-0.15, -0.1) is 24.0 Å². The van der Waals surface area contributed by atoms with Gasteiger partial charge in [0.25, 0.3) is 0 Å². The van der Waals surface area contributed by atoms with Gasteiger partial charge in [-0.25, -0.2) is 4.39 Å². The zero-order valence-corrected chi connectivity index (χ0v) is 10.7. The van der Waals surface area contributed by atoms with Crippen molar-refractivity contribution in [2.45, 2.75) is 24.6 Å². The van der Waals surface area contributed by atoms with Crippen LogP contribution in [0.5, 0.6) is 0 Å². The summed E-state index contributed by atoms with van der Waals surface area (Å²) in [6, 6.07) is 0. The highest BCUT2D eigenvalue weighted by molar-refractivity contribution is 6.19. The summed E-state index contributed by atoms with van der Waals surface area (Å²) in [6.07, 6.45) is -0.577. The topological polar surface area (TPSA) is 38.3 Å². The molecule has 1 rings (SSSR count). The first-order valence-corrected chi connectivity index (χ1v) is 5.27. The van der Waals surface area contributed by atoms with E-state index in [-0.39, 0.29) is 31.3 Å². The smallest absolute Gasteiger partial charge is 0.326 e. The Morgan fingerprint density at radius 1 is 1.75 bits per heavy atom. The van der Waals surface area contributed by atoms with Crippen molar-refractivity contribution in [3.8, 4) is 0 Å². The van der Waals surface area contributed by atoms with Crippen LogP contribution in [-0.2, 0) is 9.53 Å². The zero-order chi connectivity index (χ0) is 11.5. The molecule has 0 spiro atoms. The first-order valence-electron chi connectivity index (χ1n) is 4.74. The number of nitrogens with one attached hydrogen (secondary N) is 1. The molecule has 1 saturated heterocycles. The molecule has 3 nitrogen and oxygen atoms in total. The molecule has 1 heterocycles. The Kier molecular flexibility index (Phi) is 6.30. The zero-order valence-electron chi connectivity index (χ0n) is 9.09. The van der Waals surface area contributed by atoms with Crippen LogP contribution >= 0.6 is 24.0 Å². The third kappa shape index (κ3) is 3.34. The molecule has 2 atom stereocenters. The molecule has 0 aromatic heterocycles.